The molecule has 10 heteroatoms. The van der Waals surface area contributed by atoms with Crippen LogP contribution >= 0.6 is 0 Å². The monoisotopic (exact) mass is 443 g/mol. The van der Waals surface area contributed by atoms with Crippen molar-refractivity contribution in [1.82, 2.24) is 5.16 Å². The van der Waals surface area contributed by atoms with Crippen molar-refractivity contribution in [3.8, 4) is 0 Å². The van der Waals surface area contributed by atoms with Crippen molar-refractivity contribution in [2.24, 2.45) is 0 Å². The fraction of sp³-hybridized carbons (Fsp3) is 0.143. The van der Waals surface area contributed by atoms with Gasteiger partial charge >= 0.3 is 0 Å². The SMILES string of the molecule is Cc1noc(NS(=O)(=O)c2ccc(NC(=O)Cc3coc4ccc(F)cc34)cc2)c1C. The molecular formula is C21H18FN3O5S. The molecular weight excluding hydrogens is 425 g/mol. The minimum absolute atomic E-state index is 0.00439. The number of carbonyl (C=O) groups is 1. The van der Waals surface area contributed by atoms with E-state index in [1.807, 2.05) is 0 Å². The molecule has 8 nitrogen and oxygen atoms in total. The van der Waals surface area contributed by atoms with E-state index < -0.39 is 15.8 Å². The van der Waals surface area contributed by atoms with Crippen LogP contribution in [0.15, 0.2) is 62.6 Å². The van der Waals surface area contributed by atoms with Crippen molar-refractivity contribution in [3.63, 3.8) is 0 Å². The number of nitrogens with one attached hydrogen (secondary N) is 2. The number of carbonyl (C=O) groups excluding carboxylic acids is 1. The summed E-state index contributed by atoms with van der Waals surface area (Å²) >= 11 is 0. The number of benzene rings is 2. The summed E-state index contributed by atoms with van der Waals surface area (Å²) in [5.74, 6) is -0.719. The first-order chi connectivity index (χ1) is 14.7. The Labute approximate surface area is 177 Å². The standard InChI is InChI=1S/C21H18FN3O5S/c1-12-13(2)24-30-21(12)25-31(27,28)17-6-4-16(5-7-17)23-20(26)9-14-11-29-19-8-3-15(22)10-18(14)19/h3-8,10-11,25H,9H2,1-2H3,(H,23,26). The third kappa shape index (κ3) is 4.29. The zero-order valence-electron chi connectivity index (χ0n) is 16.6. The van der Waals surface area contributed by atoms with Crippen molar-refractivity contribution in [2.45, 2.75) is 25.2 Å². The Morgan fingerprint density at radius 1 is 1.13 bits per heavy atom. The van der Waals surface area contributed by atoms with Gasteiger partial charge in [-0.2, -0.15) is 0 Å². The number of fused-ring (bicyclic) bond motifs is 1. The van der Waals surface area contributed by atoms with E-state index in [1.165, 1.54) is 48.7 Å². The van der Waals surface area contributed by atoms with Gasteiger partial charge in [-0.15, -0.1) is 0 Å². The summed E-state index contributed by atoms with van der Waals surface area (Å²) in [6.45, 7) is 3.40. The van der Waals surface area contributed by atoms with E-state index in [0.29, 0.717) is 33.5 Å². The number of amides is 1. The first-order valence-electron chi connectivity index (χ1n) is 9.24. The smallest absolute Gasteiger partial charge is 0.264 e. The van der Waals surface area contributed by atoms with E-state index in [2.05, 4.69) is 15.2 Å². The Bertz CT molecular complexity index is 1370. The van der Waals surface area contributed by atoms with Crippen LogP contribution in [0.4, 0.5) is 16.0 Å². The van der Waals surface area contributed by atoms with Gasteiger partial charge in [-0.25, -0.2) is 17.5 Å². The highest BCUT2D eigenvalue weighted by atomic mass is 32.2. The van der Waals surface area contributed by atoms with Crippen LogP contribution in [-0.2, 0) is 21.2 Å². The second-order valence-corrected chi connectivity index (χ2v) is 8.66. The van der Waals surface area contributed by atoms with E-state index in [9.17, 15) is 17.6 Å². The first kappa shape index (κ1) is 20.6. The molecule has 2 aromatic heterocycles. The Morgan fingerprint density at radius 3 is 2.55 bits per heavy atom. The second kappa shape index (κ2) is 7.88. The molecule has 0 atom stereocenters. The predicted molar refractivity (Wildman–Crippen MR) is 112 cm³/mol. The van der Waals surface area contributed by atoms with E-state index in [0.717, 1.165) is 0 Å². The lowest BCUT2D eigenvalue weighted by Gasteiger charge is -2.08. The summed E-state index contributed by atoms with van der Waals surface area (Å²) in [5.41, 5.74) is 2.63. The number of hydrogen-bond donors (Lipinski definition) is 2. The second-order valence-electron chi connectivity index (χ2n) is 6.98. The van der Waals surface area contributed by atoms with Crippen molar-refractivity contribution in [2.75, 3.05) is 10.0 Å². The van der Waals surface area contributed by atoms with Gasteiger partial charge in [0, 0.05) is 22.2 Å². The molecule has 0 unspecified atom stereocenters. The molecule has 0 bridgehead atoms. The van der Waals surface area contributed by atoms with Crippen LogP contribution in [0.25, 0.3) is 11.0 Å². The molecule has 0 spiro atoms. The van der Waals surface area contributed by atoms with Crippen LogP contribution in [0.3, 0.4) is 0 Å². The molecule has 31 heavy (non-hydrogen) atoms. The Kier molecular flexibility index (Phi) is 5.24. The van der Waals surface area contributed by atoms with E-state index in [4.69, 9.17) is 8.94 Å². The van der Waals surface area contributed by atoms with Gasteiger partial charge in [-0.3, -0.25) is 4.79 Å². The highest BCUT2D eigenvalue weighted by Crippen LogP contribution is 2.24. The summed E-state index contributed by atoms with van der Waals surface area (Å²) in [6, 6.07) is 9.76. The fourth-order valence-electron chi connectivity index (χ4n) is 2.98. The number of aromatic nitrogens is 1. The van der Waals surface area contributed by atoms with Gasteiger partial charge in [0.2, 0.25) is 11.8 Å². The summed E-state index contributed by atoms with van der Waals surface area (Å²) in [5, 5.41) is 6.93. The number of halogens is 1. The highest BCUT2D eigenvalue weighted by Gasteiger charge is 2.19. The average molecular weight is 443 g/mol. The van der Waals surface area contributed by atoms with Crippen LogP contribution in [0.1, 0.15) is 16.8 Å². The largest absolute Gasteiger partial charge is 0.464 e. The van der Waals surface area contributed by atoms with Gasteiger partial charge in [-0.1, -0.05) is 5.16 Å². The van der Waals surface area contributed by atoms with Gasteiger partial charge in [-0.05, 0) is 56.3 Å². The molecule has 4 rings (SSSR count). The number of hydrogen-bond acceptors (Lipinski definition) is 6. The van der Waals surface area contributed by atoms with Crippen molar-refractivity contribution < 1.29 is 26.5 Å². The lowest BCUT2D eigenvalue weighted by atomic mass is 10.1. The van der Waals surface area contributed by atoms with Crippen LogP contribution in [0.2, 0.25) is 0 Å². The first-order valence-corrected chi connectivity index (χ1v) is 10.7. The molecule has 2 heterocycles. The van der Waals surface area contributed by atoms with E-state index in [-0.39, 0.29) is 23.1 Å². The van der Waals surface area contributed by atoms with E-state index >= 15 is 0 Å². The summed E-state index contributed by atoms with van der Waals surface area (Å²) in [4.78, 5) is 12.4. The molecule has 4 aromatic rings. The summed E-state index contributed by atoms with van der Waals surface area (Å²) in [7, 11) is -3.88. The van der Waals surface area contributed by atoms with Gasteiger partial charge in [0.1, 0.15) is 11.4 Å². The maximum absolute atomic E-state index is 13.5. The minimum atomic E-state index is -3.88. The van der Waals surface area contributed by atoms with Crippen molar-refractivity contribution >= 4 is 38.5 Å². The van der Waals surface area contributed by atoms with Gasteiger partial charge in [0.15, 0.2) is 0 Å². The minimum Gasteiger partial charge on any atom is -0.464 e. The predicted octanol–water partition coefficient (Wildman–Crippen LogP) is 4.16. The third-order valence-corrected chi connectivity index (χ3v) is 6.15. The molecule has 0 radical (unpaired) electrons. The maximum atomic E-state index is 13.5. The van der Waals surface area contributed by atoms with Gasteiger partial charge < -0.3 is 14.3 Å². The number of furan rings is 1. The van der Waals surface area contributed by atoms with Crippen LogP contribution in [0, 0.1) is 19.7 Å². The number of aryl methyl sites for hydroxylation is 1. The zero-order valence-corrected chi connectivity index (χ0v) is 17.4. The molecule has 1 amide bonds. The topological polar surface area (TPSA) is 114 Å². The molecule has 2 N–H and O–H groups in total. The fourth-order valence-corrected chi connectivity index (χ4v) is 4.02. The normalized spacial score (nSPS) is 11.6. The highest BCUT2D eigenvalue weighted by molar-refractivity contribution is 7.92. The van der Waals surface area contributed by atoms with Crippen molar-refractivity contribution in [3.05, 3.63) is 71.4 Å². The van der Waals surface area contributed by atoms with Crippen molar-refractivity contribution in [1.29, 1.82) is 0 Å². The Hall–Kier alpha value is -3.66. The molecule has 0 saturated heterocycles. The molecule has 2 aromatic carbocycles. The number of sulfonamides is 1. The van der Waals surface area contributed by atoms with Crippen LogP contribution in [0.5, 0.6) is 0 Å². The Balaban J connectivity index is 1.44. The molecule has 0 aliphatic heterocycles. The lowest BCUT2D eigenvalue weighted by Crippen LogP contribution is -2.15. The quantitative estimate of drug-likeness (QED) is 0.463. The van der Waals surface area contributed by atoms with Gasteiger partial charge in [0.25, 0.3) is 10.0 Å². The van der Waals surface area contributed by atoms with Gasteiger partial charge in [0.05, 0.1) is 23.3 Å². The average Bonchev–Trinajstić information content (AvgIpc) is 3.26. The molecule has 0 aliphatic carbocycles. The van der Waals surface area contributed by atoms with Crippen LogP contribution < -0.4 is 10.0 Å². The molecule has 0 fully saturated rings. The summed E-state index contributed by atoms with van der Waals surface area (Å²) in [6.07, 6.45) is 1.39. The third-order valence-electron chi connectivity index (χ3n) is 4.80. The Morgan fingerprint density at radius 2 is 1.87 bits per heavy atom. The summed E-state index contributed by atoms with van der Waals surface area (Å²) < 4.78 is 51.2. The number of anilines is 2. The number of rotatable bonds is 6. The van der Waals surface area contributed by atoms with E-state index in [1.54, 1.807) is 13.8 Å². The molecule has 0 aliphatic rings. The molecule has 160 valence electrons. The number of nitrogens with zero attached hydrogens (tertiary/aromatic N) is 1. The molecule has 0 saturated carbocycles. The van der Waals surface area contributed by atoms with Crippen LogP contribution in [-0.4, -0.2) is 19.5 Å². The zero-order chi connectivity index (χ0) is 22.2. The maximum Gasteiger partial charge on any atom is 0.264 e. The lowest BCUT2D eigenvalue weighted by molar-refractivity contribution is -0.115.